The Morgan fingerprint density at radius 2 is 1.70 bits per heavy atom. The molecule has 1 rings (SSSR count). The van der Waals surface area contributed by atoms with Crippen LogP contribution < -0.4 is 16.0 Å². The van der Waals surface area contributed by atoms with Gasteiger partial charge in [-0.2, -0.15) is 0 Å². The lowest BCUT2D eigenvalue weighted by molar-refractivity contribution is -0.126. The van der Waals surface area contributed by atoms with E-state index in [1.165, 1.54) is 7.05 Å². The predicted octanol–water partition coefficient (Wildman–Crippen LogP) is -0.0185. The summed E-state index contributed by atoms with van der Waals surface area (Å²) in [4.78, 5) is 36.3. The smallest absolute Gasteiger partial charge is 0.239 e. The molecular weight excluding hydrogens is 296 g/mol. The summed E-state index contributed by atoms with van der Waals surface area (Å²) in [5.74, 6) is -0.764. The largest absolute Gasteiger partial charge is 0.358 e. The number of para-hydroxylation sites is 1. The zero-order valence-electron chi connectivity index (χ0n) is 13.8. The quantitative estimate of drug-likeness (QED) is 0.628. The van der Waals surface area contributed by atoms with Gasteiger partial charge in [0.25, 0.3) is 0 Å². The van der Waals surface area contributed by atoms with E-state index in [9.17, 15) is 14.4 Å². The van der Waals surface area contributed by atoms with Crippen molar-refractivity contribution in [3.63, 3.8) is 0 Å². The summed E-state index contributed by atoms with van der Waals surface area (Å²) >= 11 is 0. The van der Waals surface area contributed by atoms with E-state index in [4.69, 9.17) is 0 Å². The summed E-state index contributed by atoms with van der Waals surface area (Å²) in [5, 5.41) is 7.74. The Labute approximate surface area is 136 Å². The number of nitrogens with zero attached hydrogens (tertiary/aromatic N) is 1. The lowest BCUT2D eigenvalue weighted by Crippen LogP contribution is -2.42. The highest BCUT2D eigenvalue weighted by Gasteiger charge is 2.12. The molecule has 0 unspecified atom stereocenters. The molecule has 0 spiro atoms. The zero-order chi connectivity index (χ0) is 17.2. The van der Waals surface area contributed by atoms with Crippen molar-refractivity contribution < 1.29 is 14.4 Å². The Kier molecular flexibility index (Phi) is 7.76. The van der Waals surface area contributed by atoms with Gasteiger partial charge in [0.15, 0.2) is 0 Å². The molecule has 0 aliphatic heterocycles. The third-order valence-electron chi connectivity index (χ3n) is 3.22. The fourth-order valence-corrected chi connectivity index (χ4v) is 2.01. The molecule has 1 aromatic rings. The van der Waals surface area contributed by atoms with Gasteiger partial charge in [-0.15, -0.1) is 0 Å². The molecule has 0 aliphatic carbocycles. The zero-order valence-corrected chi connectivity index (χ0v) is 13.8. The van der Waals surface area contributed by atoms with Crippen LogP contribution in [-0.4, -0.2) is 56.4 Å². The van der Waals surface area contributed by atoms with Crippen LogP contribution in [-0.2, 0) is 20.8 Å². The Bertz CT molecular complexity index is 560. The van der Waals surface area contributed by atoms with E-state index in [1.54, 1.807) is 11.9 Å². The second-order valence-corrected chi connectivity index (χ2v) is 5.18. The number of carbonyl (C=O) groups is 3. The van der Waals surface area contributed by atoms with Gasteiger partial charge in [-0.05, 0) is 25.1 Å². The van der Waals surface area contributed by atoms with E-state index in [-0.39, 0.29) is 37.4 Å². The lowest BCUT2D eigenvalue weighted by atomic mass is 10.1. The monoisotopic (exact) mass is 320 g/mol. The molecule has 3 amide bonds. The first kappa shape index (κ1) is 18.6. The Morgan fingerprint density at radius 1 is 1.04 bits per heavy atom. The molecule has 0 saturated carbocycles. The first-order valence-corrected chi connectivity index (χ1v) is 7.49. The maximum atomic E-state index is 12.0. The van der Waals surface area contributed by atoms with Crippen molar-refractivity contribution in [2.45, 2.75) is 13.3 Å². The first-order valence-electron chi connectivity index (χ1n) is 7.49. The van der Waals surface area contributed by atoms with E-state index in [0.717, 1.165) is 17.7 Å². The third kappa shape index (κ3) is 6.92. The molecular formula is C16H24N4O3. The molecule has 0 fully saturated rings. The fraction of sp³-hybridized carbons (Fsp3) is 0.438. The van der Waals surface area contributed by atoms with E-state index in [1.807, 2.05) is 31.2 Å². The van der Waals surface area contributed by atoms with E-state index in [0.29, 0.717) is 0 Å². The van der Waals surface area contributed by atoms with E-state index >= 15 is 0 Å². The van der Waals surface area contributed by atoms with Gasteiger partial charge in [-0.3, -0.25) is 19.3 Å². The minimum absolute atomic E-state index is 0.0415. The second kappa shape index (κ2) is 9.58. The number of anilines is 1. The highest BCUT2D eigenvalue weighted by atomic mass is 16.2. The van der Waals surface area contributed by atoms with Gasteiger partial charge >= 0.3 is 0 Å². The van der Waals surface area contributed by atoms with Crippen molar-refractivity contribution in [3.05, 3.63) is 29.8 Å². The van der Waals surface area contributed by atoms with Gasteiger partial charge in [0.1, 0.15) is 0 Å². The van der Waals surface area contributed by atoms with Crippen LogP contribution in [0.5, 0.6) is 0 Å². The van der Waals surface area contributed by atoms with Crippen LogP contribution in [0.1, 0.15) is 12.5 Å². The summed E-state index contributed by atoms with van der Waals surface area (Å²) in [5.41, 5.74) is 1.85. The van der Waals surface area contributed by atoms with Gasteiger partial charge in [0.2, 0.25) is 17.7 Å². The van der Waals surface area contributed by atoms with Crippen molar-refractivity contribution in [1.29, 1.82) is 0 Å². The summed E-state index contributed by atoms with van der Waals surface area (Å²) < 4.78 is 0. The minimum Gasteiger partial charge on any atom is -0.358 e. The second-order valence-electron chi connectivity index (χ2n) is 5.18. The van der Waals surface area contributed by atoms with Gasteiger partial charge in [0.05, 0.1) is 19.6 Å². The molecule has 3 N–H and O–H groups in total. The summed E-state index contributed by atoms with van der Waals surface area (Å²) in [7, 11) is 3.17. The molecule has 0 radical (unpaired) electrons. The predicted molar refractivity (Wildman–Crippen MR) is 89.0 cm³/mol. The summed E-state index contributed by atoms with van der Waals surface area (Å²) in [6.07, 6.45) is 0.828. The highest BCUT2D eigenvalue weighted by molar-refractivity contribution is 5.93. The van der Waals surface area contributed by atoms with Crippen molar-refractivity contribution in [2.24, 2.45) is 0 Å². The number of nitrogens with one attached hydrogen (secondary N) is 3. The Morgan fingerprint density at radius 3 is 2.35 bits per heavy atom. The Balaban J connectivity index is 2.41. The standard InChI is InChI=1S/C16H24N4O3/c1-4-12-7-5-6-8-13(12)19-16(23)11-20(3)10-15(22)18-9-14(21)17-2/h5-8H,4,9-11H2,1-3H3,(H,17,21)(H,18,22)(H,19,23). The molecule has 0 heterocycles. The molecule has 7 nitrogen and oxygen atoms in total. The first-order chi connectivity index (χ1) is 11.0. The maximum Gasteiger partial charge on any atom is 0.239 e. The van der Waals surface area contributed by atoms with Crippen molar-refractivity contribution in [3.8, 4) is 0 Å². The topological polar surface area (TPSA) is 90.5 Å². The minimum atomic E-state index is -0.308. The van der Waals surface area contributed by atoms with Crippen LogP contribution in [0.25, 0.3) is 0 Å². The molecule has 0 saturated heterocycles. The molecule has 126 valence electrons. The van der Waals surface area contributed by atoms with E-state index in [2.05, 4.69) is 16.0 Å². The molecule has 23 heavy (non-hydrogen) atoms. The average molecular weight is 320 g/mol. The number of hydrogen-bond donors (Lipinski definition) is 3. The number of rotatable bonds is 8. The summed E-state index contributed by atoms with van der Waals surface area (Å²) in [6.45, 7) is 2.08. The SMILES string of the molecule is CCc1ccccc1NC(=O)CN(C)CC(=O)NCC(=O)NC. The maximum absolute atomic E-state index is 12.0. The van der Waals surface area contributed by atoms with Crippen LogP contribution in [0.3, 0.4) is 0 Å². The highest BCUT2D eigenvalue weighted by Crippen LogP contribution is 2.15. The third-order valence-corrected chi connectivity index (χ3v) is 3.22. The average Bonchev–Trinajstić information content (AvgIpc) is 2.52. The molecule has 0 aliphatic rings. The van der Waals surface area contributed by atoms with Gasteiger partial charge < -0.3 is 16.0 Å². The van der Waals surface area contributed by atoms with Crippen molar-refractivity contribution in [1.82, 2.24) is 15.5 Å². The number of amides is 3. The van der Waals surface area contributed by atoms with Crippen LogP contribution in [0.2, 0.25) is 0 Å². The van der Waals surface area contributed by atoms with Crippen LogP contribution in [0.15, 0.2) is 24.3 Å². The normalized spacial score (nSPS) is 10.3. The molecule has 0 aromatic heterocycles. The van der Waals surface area contributed by atoms with Crippen LogP contribution >= 0.6 is 0 Å². The van der Waals surface area contributed by atoms with E-state index < -0.39 is 0 Å². The summed E-state index contributed by atoms with van der Waals surface area (Å²) in [6, 6.07) is 7.61. The molecule has 1 aromatic carbocycles. The number of likely N-dealkylation sites (N-methyl/N-ethyl adjacent to an activating group) is 2. The molecule has 7 heteroatoms. The molecule has 0 atom stereocenters. The number of benzene rings is 1. The molecule has 0 bridgehead atoms. The number of aryl methyl sites for hydroxylation is 1. The Hall–Kier alpha value is -2.41. The van der Waals surface area contributed by atoms with Crippen molar-refractivity contribution >= 4 is 23.4 Å². The van der Waals surface area contributed by atoms with Crippen molar-refractivity contribution in [2.75, 3.05) is 39.0 Å². The van der Waals surface area contributed by atoms with Crippen LogP contribution in [0.4, 0.5) is 5.69 Å². The lowest BCUT2D eigenvalue weighted by Gasteiger charge is -2.16. The fourth-order valence-electron chi connectivity index (χ4n) is 2.01. The van der Waals surface area contributed by atoms with Gasteiger partial charge in [-0.1, -0.05) is 25.1 Å². The van der Waals surface area contributed by atoms with Gasteiger partial charge in [-0.25, -0.2) is 0 Å². The van der Waals surface area contributed by atoms with Gasteiger partial charge in [0, 0.05) is 12.7 Å². The number of carbonyl (C=O) groups excluding carboxylic acids is 3. The number of hydrogen-bond acceptors (Lipinski definition) is 4. The van der Waals surface area contributed by atoms with Crippen LogP contribution in [0, 0.1) is 0 Å².